The Morgan fingerprint density at radius 2 is 2.06 bits per heavy atom. The minimum atomic E-state index is -0.728. The highest BCUT2D eigenvalue weighted by Crippen LogP contribution is 2.21. The Morgan fingerprint density at radius 3 is 2.72 bits per heavy atom. The number of carbonyl (C=O) groups is 2. The van der Waals surface area contributed by atoms with Crippen molar-refractivity contribution in [1.82, 2.24) is 4.98 Å². The summed E-state index contributed by atoms with van der Waals surface area (Å²) in [6.45, 7) is 1.41. The van der Waals surface area contributed by atoms with Crippen molar-refractivity contribution in [3.05, 3.63) is 36.0 Å². The molecule has 0 aliphatic carbocycles. The molecule has 4 nitrogen and oxygen atoms in total. The first-order chi connectivity index (χ1) is 8.63. The number of methoxy groups -OCH3 is 1. The van der Waals surface area contributed by atoms with E-state index in [4.69, 9.17) is 0 Å². The second-order valence-electron chi connectivity index (χ2n) is 4.25. The summed E-state index contributed by atoms with van der Waals surface area (Å²) in [6, 6.07) is 7.79. The summed E-state index contributed by atoms with van der Waals surface area (Å²) in [7, 11) is 1.30. The van der Waals surface area contributed by atoms with Gasteiger partial charge in [-0.2, -0.15) is 0 Å². The van der Waals surface area contributed by atoms with Crippen LogP contribution in [0.1, 0.15) is 12.5 Å². The quantitative estimate of drug-likeness (QED) is 0.662. The smallest absolute Gasteiger partial charge is 0.316 e. The number of aromatic amines is 1. The second kappa shape index (κ2) is 5.04. The molecule has 0 fully saturated rings. The van der Waals surface area contributed by atoms with E-state index < -0.39 is 11.9 Å². The van der Waals surface area contributed by atoms with Gasteiger partial charge in [0.05, 0.1) is 7.11 Å². The van der Waals surface area contributed by atoms with Crippen LogP contribution < -0.4 is 0 Å². The largest absolute Gasteiger partial charge is 0.468 e. The van der Waals surface area contributed by atoms with Crippen LogP contribution in [0.3, 0.4) is 0 Å². The van der Waals surface area contributed by atoms with Crippen LogP contribution in [-0.2, 0) is 20.7 Å². The van der Waals surface area contributed by atoms with Crippen LogP contribution in [0.5, 0.6) is 0 Å². The number of hydrogen-bond donors (Lipinski definition) is 1. The van der Waals surface area contributed by atoms with Gasteiger partial charge in [-0.25, -0.2) is 0 Å². The van der Waals surface area contributed by atoms with E-state index >= 15 is 0 Å². The third-order valence-electron chi connectivity index (χ3n) is 3.08. The fourth-order valence-electron chi connectivity index (χ4n) is 2.06. The summed E-state index contributed by atoms with van der Waals surface area (Å²) < 4.78 is 4.66. The number of nitrogens with one attached hydrogen (secondary N) is 1. The molecule has 4 heteroatoms. The van der Waals surface area contributed by atoms with Crippen molar-refractivity contribution in [2.24, 2.45) is 5.92 Å². The highest BCUT2D eigenvalue weighted by molar-refractivity contribution is 5.98. The van der Waals surface area contributed by atoms with Gasteiger partial charge in [-0.05, 0) is 25.0 Å². The molecule has 1 aromatic heterocycles. The zero-order chi connectivity index (χ0) is 13.1. The van der Waals surface area contributed by atoms with E-state index in [9.17, 15) is 9.59 Å². The molecular weight excluding hydrogens is 230 g/mol. The number of ketones is 1. The standard InChI is InChI=1S/C14H15NO3/c1-9(16)12(14(17)18-2)7-10-8-15-13-6-4-3-5-11(10)13/h3-6,8,12,15H,7H2,1-2H3. The SMILES string of the molecule is COC(=O)C(Cc1c[nH]c2ccccc12)C(C)=O. The number of H-pyrrole nitrogens is 1. The third kappa shape index (κ3) is 2.27. The van der Waals surface area contributed by atoms with Gasteiger partial charge in [-0.15, -0.1) is 0 Å². The molecule has 0 bridgehead atoms. The van der Waals surface area contributed by atoms with Crippen molar-refractivity contribution in [3.63, 3.8) is 0 Å². The molecule has 0 aliphatic rings. The van der Waals surface area contributed by atoms with Crippen LogP contribution in [0.25, 0.3) is 10.9 Å². The van der Waals surface area contributed by atoms with Crippen LogP contribution in [0.4, 0.5) is 0 Å². The minimum Gasteiger partial charge on any atom is -0.468 e. The molecule has 0 aliphatic heterocycles. The Hall–Kier alpha value is -2.10. The Bertz CT molecular complexity index is 585. The predicted molar refractivity (Wildman–Crippen MR) is 68.2 cm³/mol. The van der Waals surface area contributed by atoms with E-state index in [-0.39, 0.29) is 5.78 Å². The van der Waals surface area contributed by atoms with Gasteiger partial charge in [0, 0.05) is 17.1 Å². The number of rotatable bonds is 4. The topological polar surface area (TPSA) is 59.2 Å². The van der Waals surface area contributed by atoms with Gasteiger partial charge in [0.15, 0.2) is 0 Å². The zero-order valence-corrected chi connectivity index (χ0v) is 10.4. The summed E-state index contributed by atoms with van der Waals surface area (Å²) >= 11 is 0. The van der Waals surface area contributed by atoms with E-state index in [1.165, 1.54) is 14.0 Å². The number of hydrogen-bond acceptors (Lipinski definition) is 3. The van der Waals surface area contributed by atoms with Gasteiger partial charge >= 0.3 is 5.97 Å². The van der Waals surface area contributed by atoms with Crippen LogP contribution in [0.2, 0.25) is 0 Å². The molecule has 0 saturated carbocycles. The van der Waals surface area contributed by atoms with Gasteiger partial charge in [0.25, 0.3) is 0 Å². The Morgan fingerprint density at radius 1 is 1.33 bits per heavy atom. The number of para-hydroxylation sites is 1. The van der Waals surface area contributed by atoms with Crippen LogP contribution in [0, 0.1) is 5.92 Å². The van der Waals surface area contributed by atoms with Gasteiger partial charge in [0.1, 0.15) is 11.7 Å². The Labute approximate surface area is 105 Å². The fourth-order valence-corrected chi connectivity index (χ4v) is 2.06. The monoisotopic (exact) mass is 245 g/mol. The number of ether oxygens (including phenoxy) is 1. The summed E-state index contributed by atoms with van der Waals surface area (Å²) in [5.41, 5.74) is 1.95. The van der Waals surface area contributed by atoms with Gasteiger partial charge < -0.3 is 9.72 Å². The maximum Gasteiger partial charge on any atom is 0.316 e. The average Bonchev–Trinajstić information content (AvgIpc) is 2.78. The van der Waals surface area contributed by atoms with Crippen LogP contribution >= 0.6 is 0 Å². The highest BCUT2D eigenvalue weighted by atomic mass is 16.5. The fraction of sp³-hybridized carbons (Fsp3) is 0.286. The van der Waals surface area contributed by atoms with Gasteiger partial charge in [-0.1, -0.05) is 18.2 Å². The maximum atomic E-state index is 11.6. The molecule has 94 valence electrons. The van der Waals surface area contributed by atoms with Crippen molar-refractivity contribution in [2.45, 2.75) is 13.3 Å². The molecule has 1 N–H and O–H groups in total. The molecule has 1 aromatic carbocycles. The molecule has 1 unspecified atom stereocenters. The second-order valence-corrected chi connectivity index (χ2v) is 4.25. The average molecular weight is 245 g/mol. The van der Waals surface area contributed by atoms with Gasteiger partial charge in [-0.3, -0.25) is 9.59 Å². The van der Waals surface area contributed by atoms with E-state index in [0.29, 0.717) is 6.42 Å². The van der Waals surface area contributed by atoms with Crippen molar-refractivity contribution in [3.8, 4) is 0 Å². The first-order valence-electron chi connectivity index (χ1n) is 5.76. The maximum absolute atomic E-state index is 11.6. The number of Topliss-reactive ketones (excluding diaryl/α,β-unsaturated/α-hetero) is 1. The van der Waals surface area contributed by atoms with E-state index in [1.54, 1.807) is 0 Å². The van der Waals surface area contributed by atoms with Crippen molar-refractivity contribution in [1.29, 1.82) is 0 Å². The number of fused-ring (bicyclic) bond motifs is 1. The van der Waals surface area contributed by atoms with Crippen molar-refractivity contribution >= 4 is 22.7 Å². The van der Waals surface area contributed by atoms with Gasteiger partial charge in [0.2, 0.25) is 0 Å². The Balaban J connectivity index is 2.32. The molecule has 2 rings (SSSR count). The lowest BCUT2D eigenvalue weighted by atomic mass is 9.96. The molecule has 18 heavy (non-hydrogen) atoms. The number of aromatic nitrogens is 1. The molecule has 0 amide bonds. The number of benzene rings is 1. The van der Waals surface area contributed by atoms with Crippen LogP contribution in [-0.4, -0.2) is 23.8 Å². The number of carbonyl (C=O) groups excluding carboxylic acids is 2. The lowest BCUT2D eigenvalue weighted by molar-refractivity contribution is -0.148. The van der Waals surface area contributed by atoms with E-state index in [0.717, 1.165) is 16.5 Å². The molecule has 1 atom stereocenters. The zero-order valence-electron chi connectivity index (χ0n) is 10.4. The predicted octanol–water partition coefficient (Wildman–Crippen LogP) is 2.09. The highest BCUT2D eigenvalue weighted by Gasteiger charge is 2.25. The lowest BCUT2D eigenvalue weighted by Crippen LogP contribution is -2.25. The van der Waals surface area contributed by atoms with Crippen molar-refractivity contribution < 1.29 is 14.3 Å². The normalized spacial score (nSPS) is 12.3. The summed E-state index contributed by atoms with van der Waals surface area (Å²) in [5, 5.41) is 1.03. The molecule has 0 radical (unpaired) electrons. The lowest BCUT2D eigenvalue weighted by Gasteiger charge is -2.10. The van der Waals surface area contributed by atoms with Crippen LogP contribution in [0.15, 0.2) is 30.5 Å². The first-order valence-corrected chi connectivity index (χ1v) is 5.76. The van der Waals surface area contributed by atoms with E-state index in [2.05, 4.69) is 9.72 Å². The Kier molecular flexibility index (Phi) is 3.46. The molecule has 1 heterocycles. The van der Waals surface area contributed by atoms with Crippen molar-refractivity contribution in [2.75, 3.05) is 7.11 Å². The minimum absolute atomic E-state index is 0.174. The summed E-state index contributed by atoms with van der Waals surface area (Å²) in [5.74, 6) is -1.38. The summed E-state index contributed by atoms with van der Waals surface area (Å²) in [4.78, 5) is 26.2. The third-order valence-corrected chi connectivity index (χ3v) is 3.08. The molecule has 0 spiro atoms. The van der Waals surface area contributed by atoms with E-state index in [1.807, 2.05) is 30.5 Å². The summed E-state index contributed by atoms with van der Waals surface area (Å²) in [6.07, 6.45) is 2.20. The molecule has 0 saturated heterocycles. The molecule has 2 aromatic rings. The first kappa shape index (κ1) is 12.4. The number of esters is 1. The molecular formula is C14H15NO3.